The van der Waals surface area contributed by atoms with Crippen molar-refractivity contribution in [3.05, 3.63) is 59.7 Å². The van der Waals surface area contributed by atoms with Crippen molar-refractivity contribution in [3.63, 3.8) is 0 Å². The number of aryl methyl sites for hydroxylation is 1. The van der Waals surface area contributed by atoms with Crippen LogP contribution in [0.5, 0.6) is 5.75 Å². The Morgan fingerprint density at radius 2 is 1.87 bits per heavy atom. The quantitative estimate of drug-likeness (QED) is 0.626. The summed E-state index contributed by atoms with van der Waals surface area (Å²) in [5.74, 6) is -0.771. The molecule has 0 bridgehead atoms. The van der Waals surface area contributed by atoms with E-state index in [1.807, 2.05) is 55.5 Å². The summed E-state index contributed by atoms with van der Waals surface area (Å²) in [6.07, 6.45) is 1.55. The van der Waals surface area contributed by atoms with Crippen LogP contribution in [0.1, 0.15) is 24.5 Å². The average molecular weight is 424 g/mol. The predicted octanol–water partition coefficient (Wildman–Crippen LogP) is 2.51. The smallest absolute Gasteiger partial charge is 0.311 e. The lowest BCUT2D eigenvalue weighted by Gasteiger charge is -2.19. The number of methoxy groups -OCH3 is 1. The Kier molecular flexibility index (Phi) is 7.65. The first-order valence-electron chi connectivity index (χ1n) is 10.5. The van der Waals surface area contributed by atoms with E-state index in [1.54, 1.807) is 12.0 Å². The number of hydrogen-bond acceptors (Lipinski definition) is 5. The van der Waals surface area contributed by atoms with Crippen LogP contribution in [0.25, 0.3) is 0 Å². The largest absolute Gasteiger partial charge is 0.497 e. The van der Waals surface area contributed by atoms with Crippen LogP contribution < -0.4 is 15.0 Å². The number of carbonyl (C=O) groups is 3. The van der Waals surface area contributed by atoms with E-state index < -0.39 is 11.9 Å². The van der Waals surface area contributed by atoms with Crippen molar-refractivity contribution < 1.29 is 23.9 Å². The summed E-state index contributed by atoms with van der Waals surface area (Å²) in [5, 5.41) is 2.74. The van der Waals surface area contributed by atoms with Gasteiger partial charge in [-0.1, -0.05) is 37.3 Å². The molecular formula is C24H28N2O5. The molecule has 0 unspecified atom stereocenters. The van der Waals surface area contributed by atoms with Crippen LogP contribution in [-0.2, 0) is 32.0 Å². The van der Waals surface area contributed by atoms with Crippen molar-refractivity contribution in [2.45, 2.75) is 26.2 Å². The summed E-state index contributed by atoms with van der Waals surface area (Å²) in [6.45, 7) is 2.38. The molecule has 164 valence electrons. The normalized spacial score (nSPS) is 15.6. The molecule has 1 fully saturated rings. The van der Waals surface area contributed by atoms with Crippen LogP contribution in [0.3, 0.4) is 0 Å². The maximum atomic E-state index is 12.4. The highest BCUT2D eigenvalue weighted by Gasteiger charge is 2.36. The van der Waals surface area contributed by atoms with Gasteiger partial charge in [0.05, 0.1) is 13.0 Å². The number of benzene rings is 2. The third-order valence-corrected chi connectivity index (χ3v) is 5.36. The van der Waals surface area contributed by atoms with E-state index in [9.17, 15) is 14.4 Å². The fourth-order valence-electron chi connectivity index (χ4n) is 3.62. The number of amides is 2. The van der Waals surface area contributed by atoms with Gasteiger partial charge in [-0.15, -0.1) is 0 Å². The standard InChI is InChI=1S/C24H28N2O5/c1-3-18-6-4-5-7-21(18)26-15-19(14-23(26)28)24(29)31-16-22(27)25-13-12-17-8-10-20(30-2)11-9-17/h4-11,19H,3,12-16H2,1-2H3,(H,25,27)/t19-/m0/s1. The summed E-state index contributed by atoms with van der Waals surface area (Å²) in [4.78, 5) is 38.5. The van der Waals surface area contributed by atoms with Gasteiger partial charge in [0.15, 0.2) is 6.61 Å². The molecule has 2 aromatic rings. The van der Waals surface area contributed by atoms with Crippen molar-refractivity contribution in [1.29, 1.82) is 0 Å². The first kappa shape index (κ1) is 22.3. The number of nitrogens with one attached hydrogen (secondary N) is 1. The van der Waals surface area contributed by atoms with Crippen LogP contribution in [0, 0.1) is 5.92 Å². The number of carbonyl (C=O) groups excluding carboxylic acids is 3. The zero-order chi connectivity index (χ0) is 22.2. The van der Waals surface area contributed by atoms with Gasteiger partial charge in [-0.3, -0.25) is 14.4 Å². The molecule has 1 atom stereocenters. The maximum absolute atomic E-state index is 12.4. The molecule has 0 radical (unpaired) electrons. The molecule has 1 N–H and O–H groups in total. The lowest BCUT2D eigenvalue weighted by atomic mass is 10.1. The van der Waals surface area contributed by atoms with E-state index in [-0.39, 0.29) is 31.4 Å². The van der Waals surface area contributed by atoms with E-state index in [2.05, 4.69) is 5.32 Å². The first-order chi connectivity index (χ1) is 15.0. The van der Waals surface area contributed by atoms with Gasteiger partial charge < -0.3 is 19.7 Å². The minimum absolute atomic E-state index is 0.0932. The number of nitrogens with zero attached hydrogens (tertiary/aromatic N) is 1. The van der Waals surface area contributed by atoms with Gasteiger partial charge in [-0.25, -0.2) is 0 Å². The Hall–Kier alpha value is -3.35. The number of anilines is 1. The maximum Gasteiger partial charge on any atom is 0.311 e. The van der Waals surface area contributed by atoms with E-state index in [0.29, 0.717) is 13.0 Å². The van der Waals surface area contributed by atoms with E-state index in [1.165, 1.54) is 0 Å². The molecule has 1 aliphatic rings. The molecular weight excluding hydrogens is 396 g/mol. The van der Waals surface area contributed by atoms with E-state index in [0.717, 1.165) is 29.0 Å². The SMILES string of the molecule is CCc1ccccc1N1C[C@@H](C(=O)OCC(=O)NCCc2ccc(OC)cc2)CC1=O. The molecule has 1 heterocycles. The summed E-state index contributed by atoms with van der Waals surface area (Å²) >= 11 is 0. The Morgan fingerprint density at radius 1 is 1.13 bits per heavy atom. The van der Waals surface area contributed by atoms with Crippen molar-refractivity contribution >= 4 is 23.5 Å². The topological polar surface area (TPSA) is 84.9 Å². The van der Waals surface area contributed by atoms with Crippen molar-refractivity contribution in [2.75, 3.05) is 31.7 Å². The summed E-state index contributed by atoms with van der Waals surface area (Å²) < 4.78 is 10.3. The van der Waals surface area contributed by atoms with Crippen LogP contribution >= 0.6 is 0 Å². The minimum atomic E-state index is -0.565. The van der Waals surface area contributed by atoms with Gasteiger partial charge in [0.1, 0.15) is 5.75 Å². The predicted molar refractivity (Wildman–Crippen MR) is 117 cm³/mol. The lowest BCUT2D eigenvalue weighted by Crippen LogP contribution is -2.32. The fourth-order valence-corrected chi connectivity index (χ4v) is 3.62. The average Bonchev–Trinajstić information content (AvgIpc) is 3.19. The Balaban J connectivity index is 1.43. The Bertz CT molecular complexity index is 926. The molecule has 7 nitrogen and oxygen atoms in total. The summed E-state index contributed by atoms with van der Waals surface area (Å²) in [7, 11) is 1.61. The van der Waals surface area contributed by atoms with Crippen molar-refractivity contribution in [2.24, 2.45) is 5.92 Å². The van der Waals surface area contributed by atoms with Crippen LogP contribution in [0.2, 0.25) is 0 Å². The van der Waals surface area contributed by atoms with Gasteiger partial charge in [-0.05, 0) is 42.2 Å². The minimum Gasteiger partial charge on any atom is -0.497 e. The van der Waals surface area contributed by atoms with Gasteiger partial charge in [0.25, 0.3) is 5.91 Å². The second-order valence-corrected chi connectivity index (χ2v) is 7.44. The highest BCUT2D eigenvalue weighted by molar-refractivity contribution is 6.00. The molecule has 7 heteroatoms. The highest BCUT2D eigenvalue weighted by atomic mass is 16.5. The van der Waals surface area contributed by atoms with Gasteiger partial charge >= 0.3 is 5.97 Å². The second kappa shape index (κ2) is 10.6. The molecule has 31 heavy (non-hydrogen) atoms. The van der Waals surface area contributed by atoms with E-state index in [4.69, 9.17) is 9.47 Å². The highest BCUT2D eigenvalue weighted by Crippen LogP contribution is 2.29. The molecule has 1 aliphatic heterocycles. The number of rotatable bonds is 9. The molecule has 1 saturated heterocycles. The Labute approximate surface area is 182 Å². The van der Waals surface area contributed by atoms with Gasteiger partial charge in [-0.2, -0.15) is 0 Å². The number of esters is 1. The third-order valence-electron chi connectivity index (χ3n) is 5.36. The van der Waals surface area contributed by atoms with Gasteiger partial charge in [0.2, 0.25) is 5.91 Å². The third kappa shape index (κ3) is 5.84. The lowest BCUT2D eigenvalue weighted by molar-refractivity contribution is -0.152. The number of ether oxygens (including phenoxy) is 2. The fraction of sp³-hybridized carbons (Fsp3) is 0.375. The second-order valence-electron chi connectivity index (χ2n) is 7.44. The molecule has 0 aromatic heterocycles. The van der Waals surface area contributed by atoms with Crippen molar-refractivity contribution in [1.82, 2.24) is 5.32 Å². The molecule has 0 saturated carbocycles. The molecule has 3 rings (SSSR count). The van der Waals surface area contributed by atoms with Crippen LogP contribution in [0.4, 0.5) is 5.69 Å². The monoisotopic (exact) mass is 424 g/mol. The van der Waals surface area contributed by atoms with Crippen molar-refractivity contribution in [3.8, 4) is 5.75 Å². The van der Waals surface area contributed by atoms with Crippen LogP contribution in [0.15, 0.2) is 48.5 Å². The summed E-state index contributed by atoms with van der Waals surface area (Å²) in [5.41, 5.74) is 2.96. The first-order valence-corrected chi connectivity index (χ1v) is 10.5. The van der Waals surface area contributed by atoms with Gasteiger partial charge in [0, 0.05) is 25.2 Å². The van der Waals surface area contributed by atoms with Crippen LogP contribution in [-0.4, -0.2) is 44.6 Å². The molecule has 0 aliphatic carbocycles. The van der Waals surface area contributed by atoms with E-state index >= 15 is 0 Å². The summed E-state index contributed by atoms with van der Waals surface area (Å²) in [6, 6.07) is 15.3. The molecule has 2 aromatic carbocycles. The zero-order valence-electron chi connectivity index (χ0n) is 17.9. The zero-order valence-corrected chi connectivity index (χ0v) is 17.9. The molecule has 0 spiro atoms. The number of hydrogen-bond donors (Lipinski definition) is 1. The molecule has 2 amide bonds. The number of para-hydroxylation sites is 1. The Morgan fingerprint density at radius 3 is 2.58 bits per heavy atom.